The Hall–Kier alpha value is -1.32. The predicted octanol–water partition coefficient (Wildman–Crippen LogP) is 2.56. The lowest BCUT2D eigenvalue weighted by Crippen LogP contribution is -2.40. The van der Waals surface area contributed by atoms with E-state index in [1.54, 1.807) is 6.08 Å². The van der Waals surface area contributed by atoms with Gasteiger partial charge < -0.3 is 10.2 Å². The van der Waals surface area contributed by atoms with Crippen molar-refractivity contribution in [3.8, 4) is 0 Å². The molecule has 102 valence electrons. The second kappa shape index (κ2) is 6.73. The number of likely N-dealkylation sites (N-methyl/N-ethyl adjacent to an activating group) is 1. The van der Waals surface area contributed by atoms with Crippen LogP contribution in [-0.4, -0.2) is 36.5 Å². The van der Waals surface area contributed by atoms with Gasteiger partial charge in [-0.15, -0.1) is 0 Å². The summed E-state index contributed by atoms with van der Waals surface area (Å²) in [6, 6.07) is 7.78. The average molecular weight is 279 g/mol. The molecule has 1 aliphatic heterocycles. The van der Waals surface area contributed by atoms with Crippen LogP contribution in [0.3, 0.4) is 0 Å². The fourth-order valence-electron chi connectivity index (χ4n) is 2.34. The van der Waals surface area contributed by atoms with Gasteiger partial charge in [0.05, 0.1) is 0 Å². The molecule has 19 heavy (non-hydrogen) atoms. The van der Waals surface area contributed by atoms with Crippen molar-refractivity contribution in [1.82, 2.24) is 10.2 Å². The van der Waals surface area contributed by atoms with Crippen LogP contribution in [0.1, 0.15) is 18.9 Å². The molecule has 0 aromatic heterocycles. The molecule has 1 heterocycles. The summed E-state index contributed by atoms with van der Waals surface area (Å²) in [4.78, 5) is 14.1. The number of hydrogen-bond donors (Lipinski definition) is 1. The Kier molecular flexibility index (Phi) is 5.00. The summed E-state index contributed by atoms with van der Waals surface area (Å²) in [6.07, 6.45) is 4.52. The first-order valence-corrected chi connectivity index (χ1v) is 7.03. The van der Waals surface area contributed by atoms with Gasteiger partial charge in [-0.1, -0.05) is 23.7 Å². The molecule has 1 fully saturated rings. The zero-order chi connectivity index (χ0) is 13.7. The van der Waals surface area contributed by atoms with E-state index in [9.17, 15) is 4.79 Å². The fraction of sp³-hybridized carbons (Fsp3) is 0.400. The van der Waals surface area contributed by atoms with Crippen LogP contribution in [0.4, 0.5) is 0 Å². The van der Waals surface area contributed by atoms with Crippen molar-refractivity contribution in [3.63, 3.8) is 0 Å². The van der Waals surface area contributed by atoms with Gasteiger partial charge in [0.1, 0.15) is 0 Å². The maximum atomic E-state index is 12.2. The van der Waals surface area contributed by atoms with E-state index in [1.165, 1.54) is 0 Å². The number of carbonyl (C=O) groups excluding carboxylic acids is 1. The molecule has 1 saturated heterocycles. The number of carbonyl (C=O) groups is 1. The van der Waals surface area contributed by atoms with Gasteiger partial charge >= 0.3 is 0 Å². The summed E-state index contributed by atoms with van der Waals surface area (Å²) < 4.78 is 0. The number of hydrogen-bond acceptors (Lipinski definition) is 2. The highest BCUT2D eigenvalue weighted by Crippen LogP contribution is 2.12. The van der Waals surface area contributed by atoms with Crippen molar-refractivity contribution < 1.29 is 4.79 Å². The zero-order valence-electron chi connectivity index (χ0n) is 11.1. The van der Waals surface area contributed by atoms with Crippen LogP contribution in [-0.2, 0) is 4.79 Å². The molecule has 2 rings (SSSR count). The molecule has 0 aliphatic carbocycles. The van der Waals surface area contributed by atoms with Crippen LogP contribution in [0.5, 0.6) is 0 Å². The second-order valence-corrected chi connectivity index (χ2v) is 5.09. The Morgan fingerprint density at radius 3 is 2.79 bits per heavy atom. The molecule has 0 spiro atoms. The topological polar surface area (TPSA) is 32.3 Å². The minimum Gasteiger partial charge on any atom is -0.335 e. The molecule has 1 aromatic carbocycles. The molecule has 1 amide bonds. The van der Waals surface area contributed by atoms with Crippen LogP contribution in [0, 0.1) is 0 Å². The molecular formula is C15H19ClN2O. The van der Waals surface area contributed by atoms with Crippen molar-refractivity contribution >= 4 is 23.6 Å². The quantitative estimate of drug-likeness (QED) is 0.859. The number of halogens is 1. The minimum absolute atomic E-state index is 0.0751. The number of benzene rings is 1. The van der Waals surface area contributed by atoms with Crippen molar-refractivity contribution in [3.05, 3.63) is 40.9 Å². The monoisotopic (exact) mass is 278 g/mol. The summed E-state index contributed by atoms with van der Waals surface area (Å²) in [5, 5.41) is 3.99. The minimum atomic E-state index is 0.0751. The normalized spacial score (nSPS) is 18.9. The highest BCUT2D eigenvalue weighted by atomic mass is 35.5. The Balaban J connectivity index is 2.00. The summed E-state index contributed by atoms with van der Waals surface area (Å²) in [6.45, 7) is 4.66. The van der Waals surface area contributed by atoms with Crippen LogP contribution in [0.2, 0.25) is 5.02 Å². The van der Waals surface area contributed by atoms with Gasteiger partial charge in [0.25, 0.3) is 0 Å². The molecule has 1 N–H and O–H groups in total. The van der Waals surface area contributed by atoms with Crippen LogP contribution in [0.25, 0.3) is 6.08 Å². The van der Waals surface area contributed by atoms with Gasteiger partial charge in [0.2, 0.25) is 5.91 Å². The van der Waals surface area contributed by atoms with Crippen LogP contribution >= 0.6 is 11.6 Å². The molecule has 1 unspecified atom stereocenters. The van der Waals surface area contributed by atoms with Gasteiger partial charge in [-0.3, -0.25) is 4.79 Å². The first kappa shape index (κ1) is 14.1. The number of nitrogens with one attached hydrogen (secondary N) is 1. The Morgan fingerprint density at radius 1 is 1.47 bits per heavy atom. The maximum Gasteiger partial charge on any atom is 0.246 e. The smallest absolute Gasteiger partial charge is 0.246 e. The second-order valence-electron chi connectivity index (χ2n) is 4.66. The molecule has 0 saturated carbocycles. The lowest BCUT2D eigenvalue weighted by molar-refractivity contribution is -0.127. The number of nitrogens with zero attached hydrogens (tertiary/aromatic N) is 1. The molecule has 1 atom stereocenters. The lowest BCUT2D eigenvalue weighted by Gasteiger charge is -2.25. The van der Waals surface area contributed by atoms with Crippen molar-refractivity contribution in [1.29, 1.82) is 0 Å². The fourth-order valence-corrected chi connectivity index (χ4v) is 2.46. The van der Waals surface area contributed by atoms with E-state index in [-0.39, 0.29) is 5.91 Å². The van der Waals surface area contributed by atoms with Gasteiger partial charge in [-0.25, -0.2) is 0 Å². The Morgan fingerprint density at radius 2 is 2.21 bits per heavy atom. The number of rotatable bonds is 4. The Labute approximate surface area is 119 Å². The van der Waals surface area contributed by atoms with Gasteiger partial charge in [0, 0.05) is 30.2 Å². The van der Waals surface area contributed by atoms with E-state index in [2.05, 4.69) is 5.32 Å². The molecule has 1 aliphatic rings. The maximum absolute atomic E-state index is 12.2. The SMILES string of the molecule is CCN(C(=O)/C=C/c1ccc(Cl)cc1)C1CCNC1. The third-order valence-corrected chi connectivity index (χ3v) is 3.64. The van der Waals surface area contributed by atoms with Crippen molar-refractivity contribution in [2.24, 2.45) is 0 Å². The van der Waals surface area contributed by atoms with E-state index < -0.39 is 0 Å². The van der Waals surface area contributed by atoms with E-state index in [4.69, 9.17) is 11.6 Å². The van der Waals surface area contributed by atoms with Crippen molar-refractivity contribution in [2.45, 2.75) is 19.4 Å². The van der Waals surface area contributed by atoms with Gasteiger partial charge in [-0.05, 0) is 43.7 Å². The molecule has 0 radical (unpaired) electrons. The van der Waals surface area contributed by atoms with Gasteiger partial charge in [-0.2, -0.15) is 0 Å². The molecule has 4 heteroatoms. The molecule has 1 aromatic rings. The highest BCUT2D eigenvalue weighted by Gasteiger charge is 2.23. The summed E-state index contributed by atoms with van der Waals surface area (Å²) >= 11 is 5.83. The predicted molar refractivity (Wildman–Crippen MR) is 79.1 cm³/mol. The standard InChI is InChI=1S/C15H19ClN2O/c1-2-18(14-9-10-17-11-14)15(19)8-5-12-3-6-13(16)7-4-12/h3-8,14,17H,2,9-11H2,1H3/b8-5+. The van der Waals surface area contributed by atoms with Gasteiger partial charge in [0.15, 0.2) is 0 Å². The molecule has 3 nitrogen and oxygen atoms in total. The van der Waals surface area contributed by atoms with Crippen LogP contribution < -0.4 is 5.32 Å². The van der Waals surface area contributed by atoms with E-state index >= 15 is 0 Å². The summed E-state index contributed by atoms with van der Waals surface area (Å²) in [5.74, 6) is 0.0751. The average Bonchev–Trinajstić information content (AvgIpc) is 2.93. The molecular weight excluding hydrogens is 260 g/mol. The van der Waals surface area contributed by atoms with E-state index in [1.807, 2.05) is 42.2 Å². The van der Waals surface area contributed by atoms with Crippen molar-refractivity contribution in [2.75, 3.05) is 19.6 Å². The Bertz CT molecular complexity index is 450. The van der Waals surface area contributed by atoms with Crippen LogP contribution in [0.15, 0.2) is 30.3 Å². The third-order valence-electron chi connectivity index (χ3n) is 3.39. The van der Waals surface area contributed by atoms with E-state index in [0.717, 1.165) is 31.6 Å². The lowest BCUT2D eigenvalue weighted by atomic mass is 10.2. The van der Waals surface area contributed by atoms with E-state index in [0.29, 0.717) is 11.1 Å². The summed E-state index contributed by atoms with van der Waals surface area (Å²) in [5.41, 5.74) is 0.985. The third kappa shape index (κ3) is 3.82. The zero-order valence-corrected chi connectivity index (χ0v) is 11.9. The first-order chi connectivity index (χ1) is 9.20. The largest absolute Gasteiger partial charge is 0.335 e. The number of amides is 1. The first-order valence-electron chi connectivity index (χ1n) is 6.65. The summed E-state index contributed by atoms with van der Waals surface area (Å²) in [7, 11) is 0. The highest BCUT2D eigenvalue weighted by molar-refractivity contribution is 6.30. The molecule has 0 bridgehead atoms.